The van der Waals surface area contributed by atoms with Crippen molar-refractivity contribution in [2.75, 3.05) is 7.11 Å². The molecule has 0 saturated carbocycles. The van der Waals surface area contributed by atoms with Gasteiger partial charge in [0.1, 0.15) is 5.65 Å². The highest BCUT2D eigenvalue weighted by Crippen LogP contribution is 2.32. The van der Waals surface area contributed by atoms with Crippen LogP contribution in [0, 0.1) is 0 Å². The fraction of sp³-hybridized carbons (Fsp3) is 0.0909. The van der Waals surface area contributed by atoms with Gasteiger partial charge < -0.3 is 9.72 Å². The topological polar surface area (TPSA) is 104 Å². The van der Waals surface area contributed by atoms with Gasteiger partial charge >= 0.3 is 5.97 Å². The summed E-state index contributed by atoms with van der Waals surface area (Å²) in [5, 5.41) is 4.58. The van der Waals surface area contributed by atoms with Crippen LogP contribution in [0.15, 0.2) is 72.1 Å². The number of nitrogens with one attached hydrogen (secondary N) is 1. The molecule has 0 radical (unpaired) electrons. The van der Waals surface area contributed by atoms with Crippen LogP contribution in [0.4, 0.5) is 0 Å². The van der Waals surface area contributed by atoms with Gasteiger partial charge in [0.2, 0.25) is 0 Å². The molecule has 0 aliphatic rings. The number of rotatable bonds is 5. The summed E-state index contributed by atoms with van der Waals surface area (Å²) in [5.74, 6) is -0.466. The number of nitrogens with zero attached hydrogens (tertiary/aromatic N) is 4. The Labute approximate surface area is 166 Å². The Bertz CT molecular complexity index is 1240. The molecular weight excluding hydrogens is 366 g/mol. The average molecular weight is 383 g/mol. The van der Waals surface area contributed by atoms with E-state index >= 15 is 0 Å². The Balaban J connectivity index is 1.83. The van der Waals surface area contributed by atoms with Crippen LogP contribution in [0.25, 0.3) is 43.7 Å². The van der Waals surface area contributed by atoms with Crippen molar-refractivity contribution in [1.29, 1.82) is 0 Å². The number of esters is 1. The first-order chi connectivity index (χ1) is 14.2. The minimum Gasteiger partial charge on any atom is -0.465 e. The molecule has 2 aromatic carbocycles. The highest BCUT2D eigenvalue weighted by molar-refractivity contribution is 5.97. The molecule has 0 atom stereocenters. The monoisotopic (exact) mass is 383 g/mol. The quantitative estimate of drug-likeness (QED) is 0.213. The van der Waals surface area contributed by atoms with E-state index in [-0.39, 0.29) is 6.54 Å². The first-order valence-electron chi connectivity index (χ1n) is 8.96. The molecule has 0 fully saturated rings. The zero-order chi connectivity index (χ0) is 20.2. The van der Waals surface area contributed by atoms with Crippen LogP contribution >= 0.6 is 0 Å². The highest BCUT2D eigenvalue weighted by atomic mass is 16.5. The van der Waals surface area contributed by atoms with Crippen LogP contribution in [0.2, 0.25) is 0 Å². The maximum Gasteiger partial charge on any atom is 0.338 e. The summed E-state index contributed by atoms with van der Waals surface area (Å²) in [7, 11) is 1.32. The van der Waals surface area contributed by atoms with Crippen molar-refractivity contribution >= 4 is 17.0 Å². The lowest BCUT2D eigenvalue weighted by Crippen LogP contribution is -2.05. The van der Waals surface area contributed by atoms with Crippen molar-refractivity contribution in [2.24, 2.45) is 5.11 Å². The molecule has 0 amide bonds. The van der Waals surface area contributed by atoms with Crippen molar-refractivity contribution in [3.8, 4) is 22.3 Å². The Morgan fingerprint density at radius 1 is 1.14 bits per heavy atom. The second-order valence-electron chi connectivity index (χ2n) is 6.44. The predicted octanol–water partition coefficient (Wildman–Crippen LogP) is 5.49. The lowest BCUT2D eigenvalue weighted by molar-refractivity contribution is 0.0599. The van der Waals surface area contributed by atoms with E-state index < -0.39 is 5.97 Å². The van der Waals surface area contributed by atoms with Crippen LogP contribution in [0.5, 0.6) is 0 Å². The third-order valence-electron chi connectivity index (χ3n) is 4.76. The molecule has 7 heteroatoms. The van der Waals surface area contributed by atoms with Gasteiger partial charge in [0.25, 0.3) is 0 Å². The lowest BCUT2D eigenvalue weighted by Gasteiger charge is -2.09. The zero-order valence-corrected chi connectivity index (χ0v) is 15.7. The lowest BCUT2D eigenvalue weighted by atomic mass is 9.98. The minimum atomic E-state index is -0.466. The molecule has 142 valence electrons. The van der Waals surface area contributed by atoms with Crippen molar-refractivity contribution in [2.45, 2.75) is 6.54 Å². The summed E-state index contributed by atoms with van der Waals surface area (Å²) in [5.41, 5.74) is 14.4. The van der Waals surface area contributed by atoms with E-state index in [1.807, 2.05) is 54.9 Å². The number of aromatic amines is 1. The van der Waals surface area contributed by atoms with E-state index in [2.05, 4.69) is 26.1 Å². The van der Waals surface area contributed by atoms with Crippen molar-refractivity contribution in [3.05, 3.63) is 88.6 Å². The van der Waals surface area contributed by atoms with Gasteiger partial charge in [-0.05, 0) is 34.4 Å². The number of benzene rings is 2. The number of aromatic nitrogens is 2. The molecule has 29 heavy (non-hydrogen) atoms. The second-order valence-corrected chi connectivity index (χ2v) is 6.44. The number of methoxy groups -OCH3 is 1. The van der Waals surface area contributed by atoms with Crippen LogP contribution in [-0.2, 0) is 11.3 Å². The maximum atomic E-state index is 12.0. The summed E-state index contributed by atoms with van der Waals surface area (Å²) in [4.78, 5) is 22.6. The number of azide groups is 1. The molecular formula is C22H17N5O2. The van der Waals surface area contributed by atoms with E-state index in [0.717, 1.165) is 33.3 Å². The van der Waals surface area contributed by atoms with Crippen LogP contribution in [-0.4, -0.2) is 23.0 Å². The van der Waals surface area contributed by atoms with E-state index in [0.29, 0.717) is 11.1 Å². The fourth-order valence-electron chi connectivity index (χ4n) is 3.34. The first kappa shape index (κ1) is 18.3. The van der Waals surface area contributed by atoms with Gasteiger partial charge in [-0.15, -0.1) is 0 Å². The Morgan fingerprint density at radius 3 is 2.72 bits per heavy atom. The SMILES string of the molecule is COC(=O)c1ccc(-c2c[nH]c3ncc(-c4ccccc4)cc23)cc1CN=[N+]=[N-]. The molecule has 4 rings (SSSR count). The number of pyridine rings is 1. The largest absolute Gasteiger partial charge is 0.465 e. The third kappa shape index (κ3) is 3.54. The number of fused-ring (bicyclic) bond motifs is 1. The van der Waals surface area contributed by atoms with Crippen molar-refractivity contribution < 1.29 is 9.53 Å². The second kappa shape index (κ2) is 7.88. The molecule has 0 aliphatic carbocycles. The van der Waals surface area contributed by atoms with Crippen LogP contribution in [0.3, 0.4) is 0 Å². The summed E-state index contributed by atoms with van der Waals surface area (Å²) >= 11 is 0. The van der Waals surface area contributed by atoms with Gasteiger partial charge in [-0.25, -0.2) is 9.78 Å². The average Bonchev–Trinajstić information content (AvgIpc) is 3.21. The van der Waals surface area contributed by atoms with Crippen molar-refractivity contribution in [3.63, 3.8) is 0 Å². The third-order valence-corrected chi connectivity index (χ3v) is 4.76. The fourth-order valence-corrected chi connectivity index (χ4v) is 3.34. The van der Waals surface area contributed by atoms with E-state index in [9.17, 15) is 4.79 Å². The number of carbonyl (C=O) groups excluding carboxylic acids is 1. The summed E-state index contributed by atoms with van der Waals surface area (Å²) in [6.45, 7) is 0.0602. The minimum absolute atomic E-state index is 0.0602. The summed E-state index contributed by atoms with van der Waals surface area (Å²) in [6.07, 6.45) is 3.72. The van der Waals surface area contributed by atoms with Gasteiger partial charge in [-0.1, -0.05) is 47.6 Å². The first-order valence-corrected chi connectivity index (χ1v) is 8.96. The van der Waals surface area contributed by atoms with Gasteiger partial charge in [0.15, 0.2) is 0 Å². The Morgan fingerprint density at radius 2 is 1.97 bits per heavy atom. The molecule has 4 aromatic rings. The number of hydrogen-bond acceptors (Lipinski definition) is 4. The molecule has 0 unspecified atom stereocenters. The normalized spacial score (nSPS) is 10.5. The molecule has 0 aliphatic heterocycles. The highest BCUT2D eigenvalue weighted by Gasteiger charge is 2.15. The molecule has 0 bridgehead atoms. The van der Waals surface area contributed by atoms with E-state index in [4.69, 9.17) is 10.3 Å². The molecule has 7 nitrogen and oxygen atoms in total. The van der Waals surface area contributed by atoms with Crippen molar-refractivity contribution in [1.82, 2.24) is 9.97 Å². The molecule has 2 heterocycles. The van der Waals surface area contributed by atoms with Crippen LogP contribution < -0.4 is 0 Å². The molecule has 0 saturated heterocycles. The molecule has 0 spiro atoms. The number of hydrogen-bond donors (Lipinski definition) is 1. The van der Waals surface area contributed by atoms with Gasteiger partial charge in [-0.2, -0.15) is 0 Å². The Kier molecular flexibility index (Phi) is 4.97. The number of H-pyrrole nitrogens is 1. The standard InChI is InChI=1S/C22H17N5O2/c1-29-22(28)18-8-7-15(9-17(18)12-26-27-23)20-13-25-21-19(20)10-16(11-24-21)14-5-3-2-4-6-14/h2-11,13H,12H2,1H3,(H,24,25). The van der Waals surface area contributed by atoms with Crippen LogP contribution in [0.1, 0.15) is 15.9 Å². The summed E-state index contributed by atoms with van der Waals surface area (Å²) in [6, 6.07) is 17.5. The van der Waals surface area contributed by atoms with Gasteiger partial charge in [0.05, 0.1) is 19.2 Å². The smallest absolute Gasteiger partial charge is 0.338 e. The molecule has 2 aromatic heterocycles. The van der Waals surface area contributed by atoms with E-state index in [1.165, 1.54) is 7.11 Å². The Hall–Kier alpha value is -4.09. The van der Waals surface area contributed by atoms with Gasteiger partial charge in [0, 0.05) is 33.8 Å². The maximum absolute atomic E-state index is 12.0. The predicted molar refractivity (Wildman–Crippen MR) is 111 cm³/mol. The zero-order valence-electron chi connectivity index (χ0n) is 15.7. The number of ether oxygens (including phenoxy) is 1. The van der Waals surface area contributed by atoms with E-state index in [1.54, 1.807) is 6.07 Å². The van der Waals surface area contributed by atoms with Gasteiger partial charge in [-0.3, -0.25) is 0 Å². The number of carbonyl (C=O) groups is 1. The molecule has 1 N–H and O–H groups in total. The summed E-state index contributed by atoms with van der Waals surface area (Å²) < 4.78 is 4.83.